The molecule has 0 bridgehead atoms. The number of nitrogens with zero attached hydrogens (tertiary/aromatic N) is 1. The molecular weight excluding hydrogens is 438 g/mol. The maximum absolute atomic E-state index is 6.47. The van der Waals surface area contributed by atoms with Gasteiger partial charge in [-0.1, -0.05) is 41.4 Å². The first-order chi connectivity index (χ1) is 14.6. The van der Waals surface area contributed by atoms with Crippen LogP contribution in [0.15, 0.2) is 46.9 Å². The summed E-state index contributed by atoms with van der Waals surface area (Å²) in [5.41, 5.74) is 5.64. The van der Waals surface area contributed by atoms with Gasteiger partial charge >= 0.3 is 0 Å². The van der Waals surface area contributed by atoms with E-state index >= 15 is 0 Å². The molecule has 0 saturated heterocycles. The largest absolute Gasteiger partial charge is 0.488 e. The fourth-order valence-electron chi connectivity index (χ4n) is 4.40. The van der Waals surface area contributed by atoms with Crippen molar-refractivity contribution < 1.29 is 4.74 Å². The molecule has 154 valence electrons. The summed E-state index contributed by atoms with van der Waals surface area (Å²) in [6.45, 7) is 10.2. The number of H-pyrrole nitrogens is 2. The Morgan fingerprint density at radius 1 is 0.833 bits per heavy atom. The first kappa shape index (κ1) is 19.5. The Kier molecular flexibility index (Phi) is 4.95. The molecule has 5 heteroatoms. The second-order valence-corrected chi connectivity index (χ2v) is 8.83. The van der Waals surface area contributed by atoms with Crippen LogP contribution in [0.2, 0.25) is 0 Å². The Balaban J connectivity index is 1.76. The summed E-state index contributed by atoms with van der Waals surface area (Å²) in [6, 6.07) is 15.2. The number of fused-ring (bicyclic) bond motifs is 6. The van der Waals surface area contributed by atoms with Gasteiger partial charge in [-0.3, -0.25) is 0 Å². The van der Waals surface area contributed by atoms with Crippen LogP contribution in [0.5, 0.6) is 5.75 Å². The zero-order valence-corrected chi connectivity index (χ0v) is 19.2. The smallest absolute Gasteiger partial charge is 0.167 e. The second kappa shape index (κ2) is 7.64. The van der Waals surface area contributed by atoms with E-state index < -0.39 is 0 Å². The van der Waals surface area contributed by atoms with Crippen LogP contribution in [0.4, 0.5) is 0 Å². The van der Waals surface area contributed by atoms with Crippen LogP contribution in [0.25, 0.3) is 43.6 Å². The molecular formula is C25H26BrN3O. The number of aromatic nitrogens is 2. The van der Waals surface area contributed by atoms with Crippen LogP contribution >= 0.6 is 15.9 Å². The number of benzene rings is 3. The van der Waals surface area contributed by atoms with Crippen LogP contribution in [-0.2, 0) is 0 Å². The average molecular weight is 464 g/mol. The maximum Gasteiger partial charge on any atom is 0.167 e. The van der Waals surface area contributed by atoms with E-state index in [-0.39, 0.29) is 0 Å². The first-order valence-electron chi connectivity index (χ1n) is 10.6. The Bertz CT molecular complexity index is 1280. The molecule has 2 aromatic heterocycles. The zero-order valence-electron chi connectivity index (χ0n) is 17.6. The third-order valence-electron chi connectivity index (χ3n) is 6.09. The predicted octanol–water partition coefficient (Wildman–Crippen LogP) is 6.75. The van der Waals surface area contributed by atoms with Crippen LogP contribution in [0.3, 0.4) is 0 Å². The van der Waals surface area contributed by atoms with E-state index in [2.05, 4.69) is 94.0 Å². The third-order valence-corrected chi connectivity index (χ3v) is 6.58. The van der Waals surface area contributed by atoms with Gasteiger partial charge in [0.1, 0.15) is 6.61 Å². The van der Waals surface area contributed by atoms with E-state index in [0.29, 0.717) is 6.61 Å². The van der Waals surface area contributed by atoms with Crippen LogP contribution in [0.1, 0.15) is 19.4 Å². The number of aryl methyl sites for hydroxylation is 1. The van der Waals surface area contributed by atoms with Crippen LogP contribution in [0, 0.1) is 6.92 Å². The first-order valence-corrected chi connectivity index (χ1v) is 11.4. The number of halogens is 1. The molecule has 0 aliphatic heterocycles. The average Bonchev–Trinajstić information content (AvgIpc) is 3.28. The highest BCUT2D eigenvalue weighted by Crippen LogP contribution is 2.41. The summed E-state index contributed by atoms with van der Waals surface area (Å²) in [5.74, 6) is 0.913. The van der Waals surface area contributed by atoms with E-state index in [9.17, 15) is 0 Å². The van der Waals surface area contributed by atoms with Gasteiger partial charge in [0.25, 0.3) is 0 Å². The topological polar surface area (TPSA) is 44.0 Å². The lowest BCUT2D eigenvalue weighted by atomic mass is 10.1. The highest BCUT2D eigenvalue weighted by atomic mass is 79.9. The zero-order chi connectivity index (χ0) is 20.8. The molecule has 2 N–H and O–H groups in total. The summed E-state index contributed by atoms with van der Waals surface area (Å²) in [6.07, 6.45) is 0. The number of ether oxygens (including phenoxy) is 1. The quantitative estimate of drug-likeness (QED) is 0.292. The van der Waals surface area contributed by atoms with Crippen molar-refractivity contribution in [3.05, 3.63) is 52.5 Å². The lowest BCUT2D eigenvalue weighted by Gasteiger charge is -2.18. The number of rotatable bonds is 6. The Hall–Kier alpha value is -2.50. The Morgan fingerprint density at radius 2 is 1.47 bits per heavy atom. The Labute approximate surface area is 184 Å². The fourth-order valence-corrected chi connectivity index (χ4v) is 4.76. The van der Waals surface area contributed by atoms with Crippen LogP contribution < -0.4 is 4.74 Å². The van der Waals surface area contributed by atoms with Crippen molar-refractivity contribution in [3.8, 4) is 5.75 Å². The van der Waals surface area contributed by atoms with Crippen molar-refractivity contribution in [1.29, 1.82) is 0 Å². The van der Waals surface area contributed by atoms with E-state index in [0.717, 1.165) is 51.9 Å². The van der Waals surface area contributed by atoms with Crippen molar-refractivity contribution in [2.75, 3.05) is 26.2 Å². The van der Waals surface area contributed by atoms with Gasteiger partial charge in [0.2, 0.25) is 0 Å². The number of hydrogen-bond donors (Lipinski definition) is 2. The lowest BCUT2D eigenvalue weighted by Crippen LogP contribution is -2.27. The molecule has 0 saturated carbocycles. The van der Waals surface area contributed by atoms with Crippen molar-refractivity contribution in [2.24, 2.45) is 0 Å². The van der Waals surface area contributed by atoms with Crippen molar-refractivity contribution in [2.45, 2.75) is 20.8 Å². The van der Waals surface area contributed by atoms with Gasteiger partial charge in [-0.25, -0.2) is 0 Å². The number of nitrogens with one attached hydrogen (secondary N) is 2. The molecule has 0 unspecified atom stereocenters. The van der Waals surface area contributed by atoms with E-state index in [1.807, 2.05) is 0 Å². The molecule has 5 rings (SSSR count). The molecule has 0 spiro atoms. The molecule has 0 aliphatic rings. The summed E-state index contributed by atoms with van der Waals surface area (Å²) in [4.78, 5) is 9.61. The minimum absolute atomic E-state index is 0.656. The van der Waals surface area contributed by atoms with Gasteiger partial charge in [-0.2, -0.15) is 0 Å². The summed E-state index contributed by atoms with van der Waals surface area (Å²) < 4.78 is 7.55. The third kappa shape index (κ3) is 3.17. The normalized spacial score (nSPS) is 12.2. The van der Waals surface area contributed by atoms with Crippen LogP contribution in [-0.4, -0.2) is 41.1 Å². The molecule has 0 atom stereocenters. The van der Waals surface area contributed by atoms with E-state index in [4.69, 9.17) is 4.74 Å². The standard InChI is InChI=1S/C25H26BrN3O/c1-4-29(5-2)10-11-30-25-23-19(17-12-15(3)6-8-21(17)27-23)14-20-18-13-16(26)7-9-22(18)28-24(20)25/h6-9,12-14,27-28H,4-5,10-11H2,1-3H3. The molecule has 5 aromatic rings. The summed E-state index contributed by atoms with van der Waals surface area (Å²) in [5, 5.41) is 4.85. The minimum atomic E-state index is 0.656. The molecule has 0 fully saturated rings. The van der Waals surface area contributed by atoms with Crippen molar-refractivity contribution in [3.63, 3.8) is 0 Å². The molecule has 0 radical (unpaired) electrons. The summed E-state index contributed by atoms with van der Waals surface area (Å²) in [7, 11) is 0. The molecule has 30 heavy (non-hydrogen) atoms. The highest BCUT2D eigenvalue weighted by molar-refractivity contribution is 9.10. The Morgan fingerprint density at radius 3 is 2.13 bits per heavy atom. The predicted molar refractivity (Wildman–Crippen MR) is 131 cm³/mol. The highest BCUT2D eigenvalue weighted by Gasteiger charge is 2.18. The van der Waals surface area contributed by atoms with Crippen molar-refractivity contribution in [1.82, 2.24) is 14.9 Å². The monoisotopic (exact) mass is 463 g/mol. The van der Waals surface area contributed by atoms with Crippen molar-refractivity contribution >= 4 is 59.5 Å². The number of aromatic amines is 2. The molecule has 2 heterocycles. The lowest BCUT2D eigenvalue weighted by molar-refractivity contribution is 0.225. The molecule has 3 aromatic carbocycles. The van der Waals surface area contributed by atoms with Gasteiger partial charge < -0.3 is 19.6 Å². The fraction of sp³-hybridized carbons (Fsp3) is 0.280. The maximum atomic E-state index is 6.47. The van der Waals surface area contributed by atoms with Gasteiger partial charge in [0.05, 0.1) is 11.0 Å². The number of hydrogen-bond acceptors (Lipinski definition) is 2. The molecule has 0 aliphatic carbocycles. The number of likely N-dealkylation sites (N-methyl/N-ethyl adjacent to an activating group) is 1. The van der Waals surface area contributed by atoms with Gasteiger partial charge in [0, 0.05) is 43.6 Å². The molecule has 4 nitrogen and oxygen atoms in total. The van der Waals surface area contributed by atoms with Gasteiger partial charge in [0.15, 0.2) is 5.75 Å². The SMILES string of the molecule is CCN(CC)CCOc1c2[nH]c3ccc(C)cc3c2cc2c1[nH]c1ccc(Br)cc12. The van der Waals surface area contributed by atoms with Gasteiger partial charge in [-0.05, 0) is 56.4 Å². The second-order valence-electron chi connectivity index (χ2n) is 7.92. The van der Waals surface area contributed by atoms with Gasteiger partial charge in [-0.15, -0.1) is 0 Å². The molecule has 0 amide bonds. The minimum Gasteiger partial charge on any atom is -0.488 e. The van der Waals surface area contributed by atoms with E-state index in [1.54, 1.807) is 0 Å². The van der Waals surface area contributed by atoms with E-state index in [1.165, 1.54) is 27.1 Å². The summed E-state index contributed by atoms with van der Waals surface area (Å²) >= 11 is 3.63.